The van der Waals surface area contributed by atoms with Gasteiger partial charge >= 0.3 is 12.3 Å². The summed E-state index contributed by atoms with van der Waals surface area (Å²) in [7, 11) is 0. The van der Waals surface area contributed by atoms with Crippen molar-refractivity contribution >= 4 is 23.3 Å². The molecule has 0 saturated carbocycles. The fourth-order valence-corrected chi connectivity index (χ4v) is 5.46. The molecule has 1 amide bonds. The highest BCUT2D eigenvalue weighted by molar-refractivity contribution is 5.74. The Morgan fingerprint density at radius 1 is 1.12 bits per heavy atom. The maximum absolute atomic E-state index is 14.2. The van der Waals surface area contributed by atoms with Crippen molar-refractivity contribution in [2.75, 3.05) is 62.7 Å². The van der Waals surface area contributed by atoms with Crippen LogP contribution >= 0.6 is 0 Å². The summed E-state index contributed by atoms with van der Waals surface area (Å²) in [5.41, 5.74) is 0.534. The smallest absolute Gasteiger partial charge is 0.437 e. The molecule has 13 heteroatoms. The van der Waals surface area contributed by atoms with E-state index >= 15 is 0 Å². The van der Waals surface area contributed by atoms with Crippen LogP contribution in [0.25, 0.3) is 0 Å². The summed E-state index contributed by atoms with van der Waals surface area (Å²) in [6, 6.07) is 3.66. The van der Waals surface area contributed by atoms with Gasteiger partial charge in [0.1, 0.15) is 18.0 Å². The lowest BCUT2D eigenvalue weighted by Crippen LogP contribution is -2.66. The van der Waals surface area contributed by atoms with E-state index in [2.05, 4.69) is 25.1 Å². The highest BCUT2D eigenvalue weighted by Gasteiger charge is 2.45. The van der Waals surface area contributed by atoms with Crippen molar-refractivity contribution in [1.29, 1.82) is 0 Å². The van der Waals surface area contributed by atoms with Gasteiger partial charge in [-0.15, -0.1) is 0 Å². The summed E-state index contributed by atoms with van der Waals surface area (Å²) in [4.78, 5) is 26.7. The largest absolute Gasteiger partial charge is 0.484 e. The summed E-state index contributed by atoms with van der Waals surface area (Å²) < 4.78 is 59.3. The molecule has 6 rings (SSSR count). The topological polar surface area (TPSA) is 92.3 Å². The number of alkyl halides is 3. The number of nitrogens with zero attached hydrogens (tertiary/aromatic N) is 5. The van der Waals surface area contributed by atoms with E-state index in [4.69, 9.17) is 14.2 Å². The molecule has 0 bridgehead atoms. The van der Waals surface area contributed by atoms with E-state index in [0.29, 0.717) is 69.6 Å². The maximum Gasteiger partial charge on any atom is 0.437 e. The van der Waals surface area contributed by atoms with E-state index < -0.39 is 17.5 Å². The van der Waals surface area contributed by atoms with Gasteiger partial charge in [0.25, 0.3) is 0 Å². The maximum atomic E-state index is 14.2. The summed E-state index contributed by atoms with van der Waals surface area (Å²) in [5, 5.41) is 3.13. The number of anilines is 3. The van der Waals surface area contributed by atoms with Crippen molar-refractivity contribution < 1.29 is 32.2 Å². The number of hydrogen-bond acceptors (Lipinski definition) is 9. The van der Waals surface area contributed by atoms with Gasteiger partial charge in [-0.25, -0.2) is 14.8 Å². The van der Waals surface area contributed by atoms with Crippen molar-refractivity contribution in [3.63, 3.8) is 0 Å². The predicted octanol–water partition coefficient (Wildman–Crippen LogP) is 3.99. The minimum Gasteiger partial charge on any atom is -0.484 e. The second kappa shape index (κ2) is 9.95. The molecule has 2 aromatic heterocycles. The molecule has 3 fully saturated rings. The van der Waals surface area contributed by atoms with Crippen LogP contribution in [0, 0.1) is 0 Å². The molecular formula is C27H33F3N6O4. The first-order chi connectivity index (χ1) is 19.0. The zero-order chi connectivity index (χ0) is 28.2. The molecule has 4 aliphatic rings. The number of carbonyl (C=O) groups is 1. The van der Waals surface area contributed by atoms with Gasteiger partial charge in [0, 0.05) is 68.8 Å². The number of nitrogens with one attached hydrogen (secondary N) is 1. The summed E-state index contributed by atoms with van der Waals surface area (Å²) in [6.45, 7) is 10.1. The third-order valence-electron chi connectivity index (χ3n) is 7.62. The van der Waals surface area contributed by atoms with Gasteiger partial charge < -0.3 is 29.3 Å². The van der Waals surface area contributed by atoms with Gasteiger partial charge in [0.15, 0.2) is 11.4 Å². The van der Waals surface area contributed by atoms with Crippen LogP contribution in [0.3, 0.4) is 0 Å². The van der Waals surface area contributed by atoms with Crippen LogP contribution < -0.4 is 15.0 Å². The average molecular weight is 563 g/mol. The second-order valence-electron chi connectivity index (χ2n) is 11.6. The molecule has 0 unspecified atom stereocenters. The summed E-state index contributed by atoms with van der Waals surface area (Å²) >= 11 is 0. The van der Waals surface area contributed by atoms with E-state index in [-0.39, 0.29) is 36.1 Å². The predicted molar refractivity (Wildman–Crippen MR) is 140 cm³/mol. The Hall–Kier alpha value is -3.32. The molecule has 0 aliphatic carbocycles. The number of hydrogen-bond donors (Lipinski definition) is 1. The van der Waals surface area contributed by atoms with Gasteiger partial charge in [-0.05, 0) is 32.9 Å². The van der Waals surface area contributed by atoms with Gasteiger partial charge in [0.05, 0.1) is 24.5 Å². The summed E-state index contributed by atoms with van der Waals surface area (Å²) in [6.07, 6.45) is -3.39. The Balaban J connectivity index is 1.19. The molecule has 0 radical (unpaired) electrons. The van der Waals surface area contributed by atoms with Gasteiger partial charge in [-0.2, -0.15) is 13.2 Å². The van der Waals surface area contributed by atoms with Crippen molar-refractivity contribution in [3.8, 4) is 5.75 Å². The molecule has 3 saturated heterocycles. The quantitative estimate of drug-likeness (QED) is 0.596. The Labute approximate surface area is 230 Å². The van der Waals surface area contributed by atoms with E-state index in [1.54, 1.807) is 17.2 Å². The molecule has 1 N–H and O–H groups in total. The van der Waals surface area contributed by atoms with E-state index in [9.17, 15) is 18.0 Å². The van der Waals surface area contributed by atoms with Crippen molar-refractivity contribution in [1.82, 2.24) is 19.8 Å². The zero-order valence-electron chi connectivity index (χ0n) is 22.8. The molecule has 0 spiro atoms. The number of morpholine rings is 1. The fraction of sp³-hybridized carbons (Fsp3) is 0.593. The number of likely N-dealkylation sites (tertiary alicyclic amines) is 2. The lowest BCUT2D eigenvalue weighted by atomic mass is 9.91. The Kier molecular flexibility index (Phi) is 6.68. The van der Waals surface area contributed by atoms with Crippen LogP contribution in [-0.2, 0) is 22.3 Å². The lowest BCUT2D eigenvalue weighted by molar-refractivity contribution is -0.142. The first-order valence-corrected chi connectivity index (χ1v) is 13.5. The van der Waals surface area contributed by atoms with Crippen molar-refractivity contribution in [2.24, 2.45) is 0 Å². The normalized spacial score (nSPS) is 20.4. The van der Waals surface area contributed by atoms with Crippen LogP contribution in [0.15, 0.2) is 18.3 Å². The van der Waals surface area contributed by atoms with Crippen LogP contribution in [0.5, 0.6) is 5.75 Å². The van der Waals surface area contributed by atoms with Gasteiger partial charge in [-0.1, -0.05) is 0 Å². The fourth-order valence-electron chi connectivity index (χ4n) is 5.46. The molecule has 0 aromatic carbocycles. The highest BCUT2D eigenvalue weighted by atomic mass is 19.4. The third kappa shape index (κ3) is 5.24. The highest BCUT2D eigenvalue weighted by Crippen LogP contribution is 2.45. The van der Waals surface area contributed by atoms with E-state index in [1.807, 2.05) is 26.8 Å². The minimum absolute atomic E-state index is 0.0625. The third-order valence-corrected chi connectivity index (χ3v) is 7.62. The molecule has 4 aliphatic heterocycles. The molecule has 0 atom stereocenters. The Bertz CT molecular complexity index is 1280. The number of aromatic nitrogens is 2. The minimum atomic E-state index is -4.69. The van der Waals surface area contributed by atoms with Gasteiger partial charge in [0.2, 0.25) is 0 Å². The summed E-state index contributed by atoms with van der Waals surface area (Å²) in [5.74, 6) is -0.00977. The zero-order valence-corrected chi connectivity index (χ0v) is 22.8. The number of halogens is 3. The molecule has 2 aromatic rings. The van der Waals surface area contributed by atoms with Crippen molar-refractivity contribution in [2.45, 2.75) is 51.1 Å². The number of pyridine rings is 2. The number of ether oxygens (including phenoxy) is 3. The number of amides is 1. The number of carbonyl (C=O) groups excluding carboxylic acids is 1. The lowest BCUT2D eigenvalue weighted by Gasteiger charge is -2.51. The molecule has 216 valence electrons. The second-order valence-corrected chi connectivity index (χ2v) is 11.6. The first-order valence-electron chi connectivity index (χ1n) is 13.5. The van der Waals surface area contributed by atoms with Crippen LogP contribution in [0.1, 0.15) is 43.6 Å². The van der Waals surface area contributed by atoms with E-state index in [0.717, 1.165) is 5.69 Å². The molecule has 10 nitrogen and oxygen atoms in total. The monoisotopic (exact) mass is 562 g/mol. The number of fused-ring (bicyclic) bond motifs is 2. The molecular weight excluding hydrogens is 529 g/mol. The molecule has 40 heavy (non-hydrogen) atoms. The Morgan fingerprint density at radius 2 is 1.85 bits per heavy atom. The SMILES string of the molecule is CC(C)(C)OC(=O)N1CC(N2CC(c3cc4c(c(C(F)(F)F)n3)OCc3c(N5CCOCC5)ccnc3N4)C2)C1. The van der Waals surface area contributed by atoms with Crippen molar-refractivity contribution in [3.05, 3.63) is 35.3 Å². The van der Waals surface area contributed by atoms with Crippen LogP contribution in [-0.4, -0.2) is 90.0 Å². The van der Waals surface area contributed by atoms with Crippen LogP contribution in [0.4, 0.5) is 35.2 Å². The standard InChI is InChI=1S/C27H33F3N6O4/c1-26(2,3)40-25(37)36-13-17(14-36)35-11-16(12-35)19-10-20-22(23(32-19)27(28,29)30)39-15-18-21(4-5-31-24(18)33-20)34-6-8-38-9-7-34/h4-5,10,16-17H,6-9,11-15H2,1-3H3,(H,31,33). The molecule has 6 heterocycles. The van der Waals surface area contributed by atoms with Gasteiger partial charge in [-0.3, -0.25) is 4.90 Å². The Morgan fingerprint density at radius 3 is 2.52 bits per heavy atom. The average Bonchev–Trinajstić information content (AvgIpc) is 3.01. The number of rotatable bonds is 3. The van der Waals surface area contributed by atoms with E-state index in [1.165, 1.54) is 0 Å². The first kappa shape index (κ1) is 26.9. The van der Waals surface area contributed by atoms with Crippen LogP contribution in [0.2, 0.25) is 0 Å².